The fourth-order valence-corrected chi connectivity index (χ4v) is 1.33. The van der Waals surface area contributed by atoms with Crippen LogP contribution >= 0.6 is 0 Å². The number of nitrogens with zero attached hydrogens (tertiary/aromatic N) is 1. The molecule has 6 heteroatoms. The molecule has 2 N–H and O–H groups in total. The fraction of sp³-hybridized carbons (Fsp3) is 0.417. The van der Waals surface area contributed by atoms with Crippen LogP contribution in [0, 0.1) is 0 Å². The van der Waals surface area contributed by atoms with Crippen LogP contribution in [-0.4, -0.2) is 27.1 Å². The van der Waals surface area contributed by atoms with Gasteiger partial charge in [-0.05, 0) is 19.9 Å². The van der Waals surface area contributed by atoms with Gasteiger partial charge in [-0.1, -0.05) is 6.07 Å². The third kappa shape index (κ3) is 3.73. The Balaban J connectivity index is 2.55. The van der Waals surface area contributed by atoms with E-state index in [1.807, 2.05) is 0 Å². The Morgan fingerprint density at radius 3 is 2.61 bits per heavy atom. The van der Waals surface area contributed by atoms with E-state index >= 15 is 0 Å². The number of nitrogens with one attached hydrogen (secondary N) is 1. The molecule has 1 aromatic heterocycles. The van der Waals surface area contributed by atoms with Crippen molar-refractivity contribution in [2.24, 2.45) is 0 Å². The largest absolute Gasteiger partial charge is 0.480 e. The van der Waals surface area contributed by atoms with Crippen molar-refractivity contribution in [1.82, 2.24) is 9.88 Å². The molecule has 0 aliphatic rings. The molecule has 1 aromatic rings. The standard InChI is InChI=1S/C12H16N2O4/c1-12(2,11(17)18)13-9(15)6-8-14-7-4-3-5-10(14)16/h3-5,7H,6,8H2,1-2H3,(H,13,15)(H,17,18). The predicted molar refractivity (Wildman–Crippen MR) is 65.2 cm³/mol. The molecule has 0 aliphatic heterocycles. The summed E-state index contributed by atoms with van der Waals surface area (Å²) < 4.78 is 1.40. The number of aliphatic carboxylic acids is 1. The van der Waals surface area contributed by atoms with Crippen molar-refractivity contribution < 1.29 is 14.7 Å². The van der Waals surface area contributed by atoms with Crippen LogP contribution in [0.5, 0.6) is 0 Å². The fourth-order valence-electron chi connectivity index (χ4n) is 1.33. The first-order valence-corrected chi connectivity index (χ1v) is 5.53. The highest BCUT2D eigenvalue weighted by molar-refractivity contribution is 5.86. The maximum atomic E-state index is 11.6. The zero-order valence-electron chi connectivity index (χ0n) is 10.3. The second kappa shape index (κ2) is 5.48. The molecule has 6 nitrogen and oxygen atoms in total. The van der Waals surface area contributed by atoms with Gasteiger partial charge in [-0.2, -0.15) is 0 Å². The number of rotatable bonds is 5. The first kappa shape index (κ1) is 14.0. The van der Waals surface area contributed by atoms with Crippen molar-refractivity contribution in [1.29, 1.82) is 0 Å². The summed E-state index contributed by atoms with van der Waals surface area (Å²) in [5.41, 5.74) is -1.50. The molecule has 1 rings (SSSR count). The van der Waals surface area contributed by atoms with Gasteiger partial charge in [0.05, 0.1) is 0 Å². The van der Waals surface area contributed by atoms with E-state index in [0.29, 0.717) is 0 Å². The maximum Gasteiger partial charge on any atom is 0.328 e. The summed E-state index contributed by atoms with van der Waals surface area (Å²) in [6.45, 7) is 3.03. The van der Waals surface area contributed by atoms with E-state index in [4.69, 9.17) is 5.11 Å². The van der Waals surface area contributed by atoms with Crippen LogP contribution in [0.25, 0.3) is 0 Å². The first-order valence-electron chi connectivity index (χ1n) is 5.53. The number of amides is 1. The molecule has 18 heavy (non-hydrogen) atoms. The van der Waals surface area contributed by atoms with Crippen LogP contribution < -0.4 is 10.9 Å². The Hall–Kier alpha value is -2.11. The smallest absolute Gasteiger partial charge is 0.328 e. The summed E-state index contributed by atoms with van der Waals surface area (Å²) in [5.74, 6) is -1.51. The van der Waals surface area contributed by atoms with Crippen LogP contribution in [0.1, 0.15) is 20.3 Å². The zero-order chi connectivity index (χ0) is 13.8. The third-order valence-corrected chi connectivity index (χ3v) is 2.47. The van der Waals surface area contributed by atoms with Crippen molar-refractivity contribution in [2.75, 3.05) is 0 Å². The molecule has 0 saturated carbocycles. The van der Waals surface area contributed by atoms with Crippen molar-refractivity contribution in [3.8, 4) is 0 Å². The Bertz CT molecular complexity index is 505. The highest BCUT2D eigenvalue weighted by atomic mass is 16.4. The molecule has 0 aromatic carbocycles. The van der Waals surface area contributed by atoms with Crippen LogP contribution in [0.4, 0.5) is 0 Å². The average Bonchev–Trinajstić information content (AvgIpc) is 2.27. The van der Waals surface area contributed by atoms with Gasteiger partial charge in [0, 0.05) is 25.2 Å². The molecule has 1 amide bonds. The highest BCUT2D eigenvalue weighted by Crippen LogP contribution is 2.02. The van der Waals surface area contributed by atoms with Gasteiger partial charge in [0.25, 0.3) is 5.56 Å². The molecule has 0 spiro atoms. The van der Waals surface area contributed by atoms with E-state index in [1.54, 1.807) is 18.3 Å². The van der Waals surface area contributed by atoms with Crippen molar-refractivity contribution >= 4 is 11.9 Å². The van der Waals surface area contributed by atoms with E-state index in [9.17, 15) is 14.4 Å². The Labute approximate surface area is 104 Å². The summed E-state index contributed by atoms with van der Waals surface area (Å²) >= 11 is 0. The molecule has 0 aliphatic carbocycles. The van der Waals surface area contributed by atoms with Gasteiger partial charge in [-0.15, -0.1) is 0 Å². The van der Waals surface area contributed by atoms with Crippen LogP contribution in [0.15, 0.2) is 29.2 Å². The van der Waals surface area contributed by atoms with Crippen molar-refractivity contribution in [3.05, 3.63) is 34.7 Å². The molecule has 0 atom stereocenters. The number of carbonyl (C=O) groups excluding carboxylic acids is 1. The molecule has 0 bridgehead atoms. The van der Waals surface area contributed by atoms with Gasteiger partial charge in [0.1, 0.15) is 5.54 Å². The highest BCUT2D eigenvalue weighted by Gasteiger charge is 2.28. The second-order valence-corrected chi connectivity index (χ2v) is 4.46. The Kier molecular flexibility index (Phi) is 4.25. The lowest BCUT2D eigenvalue weighted by atomic mass is 10.1. The third-order valence-electron chi connectivity index (χ3n) is 2.47. The zero-order valence-corrected chi connectivity index (χ0v) is 10.3. The lowest BCUT2D eigenvalue weighted by molar-refractivity contribution is -0.146. The summed E-state index contributed by atoms with van der Waals surface area (Å²) in [7, 11) is 0. The molecular weight excluding hydrogens is 236 g/mol. The summed E-state index contributed by atoms with van der Waals surface area (Å²) in [6.07, 6.45) is 1.64. The predicted octanol–water partition coefficient (Wildman–Crippen LogP) is 0.218. The minimum atomic E-state index is -1.31. The van der Waals surface area contributed by atoms with Gasteiger partial charge < -0.3 is 15.0 Å². The number of pyridine rings is 1. The molecule has 0 saturated heterocycles. The van der Waals surface area contributed by atoms with Gasteiger partial charge >= 0.3 is 5.97 Å². The summed E-state index contributed by atoms with van der Waals surface area (Å²) in [5, 5.41) is 11.2. The van der Waals surface area contributed by atoms with Gasteiger partial charge in [-0.25, -0.2) is 4.79 Å². The molecule has 0 unspecified atom stereocenters. The molecule has 0 radical (unpaired) electrons. The van der Waals surface area contributed by atoms with E-state index in [1.165, 1.54) is 24.5 Å². The van der Waals surface area contributed by atoms with E-state index in [0.717, 1.165) is 0 Å². The van der Waals surface area contributed by atoms with Crippen LogP contribution in [-0.2, 0) is 16.1 Å². The van der Waals surface area contributed by atoms with Gasteiger partial charge in [-0.3, -0.25) is 9.59 Å². The first-order chi connectivity index (χ1) is 8.33. The lowest BCUT2D eigenvalue weighted by Crippen LogP contribution is -2.49. The Morgan fingerprint density at radius 1 is 1.39 bits per heavy atom. The minimum absolute atomic E-state index is 0.0562. The Morgan fingerprint density at radius 2 is 2.06 bits per heavy atom. The SMILES string of the molecule is CC(C)(NC(=O)CCn1ccccc1=O)C(=O)O. The second-order valence-electron chi connectivity index (χ2n) is 4.46. The number of hydrogen-bond donors (Lipinski definition) is 2. The van der Waals surface area contributed by atoms with Gasteiger partial charge in [0.2, 0.25) is 5.91 Å². The lowest BCUT2D eigenvalue weighted by Gasteiger charge is -2.21. The number of carbonyl (C=O) groups is 2. The van der Waals surface area contributed by atoms with Crippen LogP contribution in [0.3, 0.4) is 0 Å². The number of carboxylic acids is 1. The van der Waals surface area contributed by atoms with E-state index < -0.39 is 17.4 Å². The van der Waals surface area contributed by atoms with Crippen LogP contribution in [0.2, 0.25) is 0 Å². The van der Waals surface area contributed by atoms with E-state index in [-0.39, 0.29) is 18.5 Å². The number of aromatic nitrogens is 1. The number of aryl methyl sites for hydroxylation is 1. The minimum Gasteiger partial charge on any atom is -0.480 e. The summed E-state index contributed by atoms with van der Waals surface area (Å²) in [4.78, 5) is 33.7. The quantitative estimate of drug-likeness (QED) is 0.784. The maximum absolute atomic E-state index is 11.6. The molecule has 98 valence electrons. The molecule has 1 heterocycles. The van der Waals surface area contributed by atoms with Gasteiger partial charge in [0.15, 0.2) is 0 Å². The normalized spacial score (nSPS) is 11.0. The van der Waals surface area contributed by atoms with E-state index in [2.05, 4.69) is 5.32 Å². The monoisotopic (exact) mass is 252 g/mol. The molecule has 0 fully saturated rings. The molecular formula is C12H16N2O4. The number of hydrogen-bond acceptors (Lipinski definition) is 3. The average molecular weight is 252 g/mol. The van der Waals surface area contributed by atoms with Crippen molar-refractivity contribution in [3.63, 3.8) is 0 Å². The number of carboxylic acid groups (broad SMARTS) is 1. The summed E-state index contributed by atoms with van der Waals surface area (Å²) in [6, 6.07) is 4.71. The van der Waals surface area contributed by atoms with Crippen molar-refractivity contribution in [2.45, 2.75) is 32.4 Å². The topological polar surface area (TPSA) is 88.4 Å².